The van der Waals surface area contributed by atoms with Gasteiger partial charge in [-0.25, -0.2) is 4.39 Å². The molecule has 0 fully saturated rings. The molecule has 4 aromatic rings. The maximum Gasteiger partial charge on any atom is 0.123 e. The fraction of sp³-hybridized carbons (Fsp3) is 0.200. The van der Waals surface area contributed by atoms with Crippen molar-refractivity contribution in [3.05, 3.63) is 101 Å². The van der Waals surface area contributed by atoms with Crippen LogP contribution in [0.3, 0.4) is 0 Å². The Labute approximate surface area is 169 Å². The van der Waals surface area contributed by atoms with E-state index in [9.17, 15) is 4.39 Å². The normalized spacial score (nSPS) is 16.0. The van der Waals surface area contributed by atoms with Gasteiger partial charge in [-0.05, 0) is 53.4 Å². The van der Waals surface area contributed by atoms with Crippen LogP contribution in [0.2, 0.25) is 0 Å². The average Bonchev–Trinajstić information content (AvgIpc) is 3.13. The quantitative estimate of drug-likeness (QED) is 0.497. The molecule has 0 aliphatic carbocycles. The fourth-order valence-corrected chi connectivity index (χ4v) is 4.20. The smallest absolute Gasteiger partial charge is 0.123 e. The van der Waals surface area contributed by atoms with Gasteiger partial charge in [-0.3, -0.25) is 0 Å². The predicted molar refractivity (Wildman–Crippen MR) is 114 cm³/mol. The lowest BCUT2D eigenvalue weighted by molar-refractivity contribution is 0.321. The van der Waals surface area contributed by atoms with E-state index in [0.717, 1.165) is 47.3 Å². The van der Waals surface area contributed by atoms with Gasteiger partial charge in [0.1, 0.15) is 11.6 Å². The van der Waals surface area contributed by atoms with Crippen LogP contribution in [-0.2, 0) is 12.8 Å². The molecule has 5 rings (SSSR count). The molecule has 2 N–H and O–H groups in total. The highest BCUT2D eigenvalue weighted by atomic mass is 19.1. The van der Waals surface area contributed by atoms with E-state index in [1.165, 1.54) is 17.2 Å². The van der Waals surface area contributed by atoms with Crippen LogP contribution >= 0.6 is 0 Å². The molecule has 0 spiro atoms. The van der Waals surface area contributed by atoms with Crippen molar-refractivity contribution in [3.63, 3.8) is 0 Å². The van der Waals surface area contributed by atoms with Crippen LogP contribution in [0.1, 0.15) is 28.4 Å². The first-order valence-corrected chi connectivity index (χ1v) is 10.1. The minimum Gasteiger partial charge on any atom is -0.493 e. The van der Waals surface area contributed by atoms with E-state index in [1.54, 1.807) is 6.07 Å². The van der Waals surface area contributed by atoms with Crippen molar-refractivity contribution in [1.29, 1.82) is 0 Å². The summed E-state index contributed by atoms with van der Waals surface area (Å²) in [6.07, 6.45) is 1.77. The molecule has 29 heavy (non-hydrogen) atoms. The highest BCUT2D eigenvalue weighted by molar-refractivity contribution is 5.85. The van der Waals surface area contributed by atoms with Crippen molar-refractivity contribution < 1.29 is 9.13 Å². The second-order valence-electron chi connectivity index (χ2n) is 7.50. The van der Waals surface area contributed by atoms with Gasteiger partial charge in [-0.2, -0.15) is 0 Å². The molecular formula is C25H23FN2O. The third kappa shape index (κ3) is 3.64. The zero-order chi connectivity index (χ0) is 19.6. The Bertz CT molecular complexity index is 1140. The van der Waals surface area contributed by atoms with Crippen molar-refractivity contribution in [2.45, 2.75) is 18.9 Å². The first kappa shape index (κ1) is 18.0. The van der Waals surface area contributed by atoms with E-state index in [-0.39, 0.29) is 11.9 Å². The molecular weight excluding hydrogens is 363 g/mol. The molecule has 2 heterocycles. The van der Waals surface area contributed by atoms with E-state index in [1.807, 2.05) is 24.3 Å². The predicted octanol–water partition coefficient (Wildman–Crippen LogP) is 5.16. The first-order chi connectivity index (χ1) is 14.3. The Morgan fingerprint density at radius 2 is 1.86 bits per heavy atom. The molecule has 1 unspecified atom stereocenters. The van der Waals surface area contributed by atoms with E-state index < -0.39 is 0 Å². The summed E-state index contributed by atoms with van der Waals surface area (Å²) in [5.41, 5.74) is 5.74. The number of H-pyrrole nitrogens is 1. The Hall–Kier alpha value is -3.11. The van der Waals surface area contributed by atoms with Crippen LogP contribution < -0.4 is 10.1 Å². The molecule has 1 atom stereocenters. The second kappa shape index (κ2) is 7.72. The van der Waals surface area contributed by atoms with E-state index in [4.69, 9.17) is 4.74 Å². The largest absolute Gasteiger partial charge is 0.493 e. The number of aromatic amines is 1. The minimum absolute atomic E-state index is 0.0480. The minimum atomic E-state index is -0.191. The SMILES string of the molecule is Fc1ccc2[nH]c3c(c2c1)CCNC3c1cccc(OCCc2ccccc2)c1. The summed E-state index contributed by atoms with van der Waals surface area (Å²) in [5, 5.41) is 4.58. The van der Waals surface area contributed by atoms with E-state index in [2.05, 4.69) is 46.7 Å². The lowest BCUT2D eigenvalue weighted by Crippen LogP contribution is -2.30. The standard InChI is InChI=1S/C25H23FN2O/c26-19-9-10-23-22(16-19)21-11-13-27-24(25(21)28-23)18-7-4-8-20(15-18)29-14-12-17-5-2-1-3-6-17/h1-10,15-16,24,27-28H,11-14H2. The number of aromatic nitrogens is 1. The summed E-state index contributed by atoms with van der Waals surface area (Å²) < 4.78 is 19.8. The van der Waals surface area contributed by atoms with Crippen LogP contribution in [0, 0.1) is 5.82 Å². The van der Waals surface area contributed by atoms with Crippen molar-refractivity contribution >= 4 is 10.9 Å². The van der Waals surface area contributed by atoms with Gasteiger partial charge in [-0.15, -0.1) is 0 Å². The zero-order valence-electron chi connectivity index (χ0n) is 16.1. The molecule has 3 nitrogen and oxygen atoms in total. The Morgan fingerprint density at radius 3 is 2.76 bits per heavy atom. The highest BCUT2D eigenvalue weighted by Gasteiger charge is 2.25. The van der Waals surface area contributed by atoms with Crippen molar-refractivity contribution in [2.75, 3.05) is 13.2 Å². The maximum absolute atomic E-state index is 13.8. The van der Waals surface area contributed by atoms with Gasteiger partial charge >= 0.3 is 0 Å². The zero-order valence-corrected chi connectivity index (χ0v) is 16.1. The molecule has 1 aromatic heterocycles. The van der Waals surface area contributed by atoms with E-state index in [0.29, 0.717) is 6.61 Å². The monoisotopic (exact) mass is 386 g/mol. The summed E-state index contributed by atoms with van der Waals surface area (Å²) in [4.78, 5) is 3.51. The summed E-state index contributed by atoms with van der Waals surface area (Å²) >= 11 is 0. The van der Waals surface area contributed by atoms with Gasteiger partial charge in [0, 0.05) is 29.6 Å². The Balaban J connectivity index is 1.38. The van der Waals surface area contributed by atoms with Crippen LogP contribution in [0.5, 0.6) is 5.75 Å². The van der Waals surface area contributed by atoms with Gasteiger partial charge in [0.05, 0.1) is 12.6 Å². The third-order valence-electron chi connectivity index (χ3n) is 5.61. The second-order valence-corrected chi connectivity index (χ2v) is 7.50. The Morgan fingerprint density at radius 1 is 0.966 bits per heavy atom. The fourth-order valence-electron chi connectivity index (χ4n) is 4.20. The number of ether oxygens (including phenoxy) is 1. The molecule has 0 saturated carbocycles. The molecule has 1 aliphatic heterocycles. The summed E-state index contributed by atoms with van der Waals surface area (Å²) in [6.45, 7) is 1.50. The Kier molecular flexibility index (Phi) is 4.78. The van der Waals surface area contributed by atoms with Crippen LogP contribution in [0.4, 0.5) is 4.39 Å². The van der Waals surface area contributed by atoms with Crippen molar-refractivity contribution in [2.24, 2.45) is 0 Å². The van der Waals surface area contributed by atoms with Crippen molar-refractivity contribution in [3.8, 4) is 5.75 Å². The summed E-state index contributed by atoms with van der Waals surface area (Å²) in [5.74, 6) is 0.678. The number of fused-ring (bicyclic) bond motifs is 3. The van der Waals surface area contributed by atoms with Crippen LogP contribution in [-0.4, -0.2) is 18.1 Å². The summed E-state index contributed by atoms with van der Waals surface area (Å²) in [7, 11) is 0. The molecule has 3 aromatic carbocycles. The van der Waals surface area contributed by atoms with E-state index >= 15 is 0 Å². The third-order valence-corrected chi connectivity index (χ3v) is 5.61. The highest BCUT2D eigenvalue weighted by Crippen LogP contribution is 2.34. The molecule has 0 amide bonds. The van der Waals surface area contributed by atoms with Crippen LogP contribution in [0.25, 0.3) is 10.9 Å². The van der Waals surface area contributed by atoms with Crippen molar-refractivity contribution in [1.82, 2.24) is 10.3 Å². The van der Waals surface area contributed by atoms with Crippen LogP contribution in [0.15, 0.2) is 72.8 Å². The number of halogens is 1. The summed E-state index contributed by atoms with van der Waals surface area (Å²) in [6, 6.07) is 23.6. The lowest BCUT2D eigenvalue weighted by atomic mass is 9.94. The molecule has 146 valence electrons. The number of nitrogens with one attached hydrogen (secondary N) is 2. The van der Waals surface area contributed by atoms with Gasteiger partial charge in [0.2, 0.25) is 0 Å². The molecule has 4 heteroatoms. The number of hydrogen-bond donors (Lipinski definition) is 2. The lowest BCUT2D eigenvalue weighted by Gasteiger charge is -2.25. The van der Waals surface area contributed by atoms with Gasteiger partial charge < -0.3 is 15.0 Å². The van der Waals surface area contributed by atoms with Gasteiger partial charge in [-0.1, -0.05) is 42.5 Å². The number of hydrogen-bond acceptors (Lipinski definition) is 2. The maximum atomic E-state index is 13.8. The number of benzene rings is 3. The number of rotatable bonds is 5. The van der Waals surface area contributed by atoms with Gasteiger partial charge in [0.25, 0.3) is 0 Å². The van der Waals surface area contributed by atoms with Gasteiger partial charge in [0.15, 0.2) is 0 Å². The molecule has 0 radical (unpaired) electrons. The molecule has 0 bridgehead atoms. The molecule has 1 aliphatic rings. The molecule has 0 saturated heterocycles. The average molecular weight is 386 g/mol. The first-order valence-electron chi connectivity index (χ1n) is 10.1. The topological polar surface area (TPSA) is 37.0 Å².